The Balaban J connectivity index is 1.62. The monoisotopic (exact) mass is 500 g/mol. The fraction of sp³-hybridized carbons (Fsp3) is 0.280. The molecule has 0 unspecified atom stereocenters. The standard InChI is InChI=1S/C25H25ClN2O5S/c1-4-31-23(32-5-2)14-33-20-11-10-18(12-21(20)30-3)28-15-27-19-13-22(34-24(19)25(28)29)16-6-8-17(26)9-7-16/h6-13,15,23H,4-5,14H2,1-3H3. The van der Waals surface area contributed by atoms with E-state index in [4.69, 9.17) is 30.5 Å². The zero-order valence-corrected chi connectivity index (χ0v) is 20.7. The third kappa shape index (κ3) is 5.26. The third-order valence-electron chi connectivity index (χ3n) is 5.07. The van der Waals surface area contributed by atoms with Gasteiger partial charge >= 0.3 is 0 Å². The van der Waals surface area contributed by atoms with Gasteiger partial charge in [0.2, 0.25) is 0 Å². The molecule has 2 aromatic heterocycles. The Labute approximate surface area is 206 Å². The Bertz CT molecular complexity index is 1310. The molecule has 7 nitrogen and oxygen atoms in total. The molecule has 178 valence electrons. The van der Waals surface area contributed by atoms with Gasteiger partial charge in [-0.1, -0.05) is 23.7 Å². The largest absolute Gasteiger partial charge is 0.493 e. The van der Waals surface area contributed by atoms with Crippen LogP contribution in [0.4, 0.5) is 0 Å². The van der Waals surface area contributed by atoms with Crippen LogP contribution in [0.2, 0.25) is 5.02 Å². The van der Waals surface area contributed by atoms with Crippen LogP contribution < -0.4 is 15.0 Å². The Morgan fingerprint density at radius 2 is 1.76 bits per heavy atom. The van der Waals surface area contributed by atoms with Crippen molar-refractivity contribution in [2.75, 3.05) is 26.9 Å². The Kier molecular flexibility index (Phi) is 7.84. The molecule has 2 aromatic carbocycles. The van der Waals surface area contributed by atoms with E-state index >= 15 is 0 Å². The van der Waals surface area contributed by atoms with Gasteiger partial charge in [0.15, 0.2) is 17.8 Å². The van der Waals surface area contributed by atoms with Crippen LogP contribution in [0.3, 0.4) is 0 Å². The lowest BCUT2D eigenvalue weighted by Crippen LogP contribution is -2.25. The van der Waals surface area contributed by atoms with Crippen molar-refractivity contribution in [3.63, 3.8) is 0 Å². The number of hydrogen-bond donors (Lipinski definition) is 0. The van der Waals surface area contributed by atoms with Crippen LogP contribution in [-0.4, -0.2) is 42.8 Å². The van der Waals surface area contributed by atoms with Crippen LogP contribution in [-0.2, 0) is 9.47 Å². The lowest BCUT2D eigenvalue weighted by molar-refractivity contribution is -0.152. The minimum absolute atomic E-state index is 0.154. The molecule has 0 bridgehead atoms. The zero-order valence-electron chi connectivity index (χ0n) is 19.1. The van der Waals surface area contributed by atoms with E-state index in [1.165, 1.54) is 22.2 Å². The van der Waals surface area contributed by atoms with Crippen molar-refractivity contribution in [1.82, 2.24) is 9.55 Å². The summed E-state index contributed by atoms with van der Waals surface area (Å²) in [7, 11) is 1.55. The average Bonchev–Trinajstić information content (AvgIpc) is 3.29. The van der Waals surface area contributed by atoms with Crippen molar-refractivity contribution < 1.29 is 18.9 Å². The molecule has 9 heteroatoms. The third-order valence-corrected chi connectivity index (χ3v) is 6.49. The Morgan fingerprint density at radius 3 is 2.44 bits per heavy atom. The number of ether oxygens (including phenoxy) is 4. The molecular weight excluding hydrogens is 476 g/mol. The summed E-state index contributed by atoms with van der Waals surface area (Å²) in [5.41, 5.74) is 2.11. The summed E-state index contributed by atoms with van der Waals surface area (Å²) in [4.78, 5) is 18.7. The number of hydrogen-bond acceptors (Lipinski definition) is 7. The first-order chi connectivity index (χ1) is 16.5. The second-order valence-electron chi connectivity index (χ2n) is 7.24. The van der Waals surface area contributed by atoms with E-state index in [-0.39, 0.29) is 12.2 Å². The topological polar surface area (TPSA) is 71.8 Å². The molecule has 0 saturated heterocycles. The molecule has 0 radical (unpaired) electrons. The summed E-state index contributed by atoms with van der Waals surface area (Å²) >= 11 is 7.40. The minimum atomic E-state index is -0.470. The number of halogens is 1. The predicted molar refractivity (Wildman–Crippen MR) is 135 cm³/mol. The SMILES string of the molecule is CCOC(COc1ccc(-n2cnc3cc(-c4ccc(Cl)cc4)sc3c2=O)cc1OC)OCC. The van der Waals surface area contributed by atoms with Gasteiger partial charge in [-0.15, -0.1) is 11.3 Å². The molecule has 4 rings (SSSR count). The van der Waals surface area contributed by atoms with Gasteiger partial charge < -0.3 is 18.9 Å². The number of benzene rings is 2. The van der Waals surface area contributed by atoms with Gasteiger partial charge in [-0.2, -0.15) is 0 Å². The van der Waals surface area contributed by atoms with Crippen molar-refractivity contribution in [3.05, 3.63) is 70.2 Å². The van der Waals surface area contributed by atoms with Gasteiger partial charge in [-0.25, -0.2) is 4.98 Å². The molecule has 2 heterocycles. The maximum Gasteiger partial charge on any atom is 0.275 e. The van der Waals surface area contributed by atoms with Crippen LogP contribution in [0, 0.1) is 0 Å². The van der Waals surface area contributed by atoms with E-state index < -0.39 is 6.29 Å². The quantitative estimate of drug-likeness (QED) is 0.266. The van der Waals surface area contributed by atoms with Crippen LogP contribution in [0.1, 0.15) is 13.8 Å². The van der Waals surface area contributed by atoms with Crippen molar-refractivity contribution >= 4 is 33.2 Å². The highest BCUT2D eigenvalue weighted by molar-refractivity contribution is 7.22. The van der Waals surface area contributed by atoms with E-state index in [1.54, 1.807) is 25.3 Å². The molecule has 0 aliphatic heterocycles. The van der Waals surface area contributed by atoms with Crippen molar-refractivity contribution in [2.45, 2.75) is 20.1 Å². The lowest BCUT2D eigenvalue weighted by atomic mass is 10.2. The molecule has 0 N–H and O–H groups in total. The number of nitrogens with zero attached hydrogens (tertiary/aromatic N) is 2. The second-order valence-corrected chi connectivity index (χ2v) is 8.73. The van der Waals surface area contributed by atoms with Gasteiger partial charge in [0.25, 0.3) is 5.56 Å². The van der Waals surface area contributed by atoms with Crippen LogP contribution in [0.15, 0.2) is 59.7 Å². The second kappa shape index (κ2) is 11.0. The normalized spacial score (nSPS) is 11.3. The minimum Gasteiger partial charge on any atom is -0.493 e. The van der Waals surface area contributed by atoms with Crippen molar-refractivity contribution in [2.24, 2.45) is 0 Å². The van der Waals surface area contributed by atoms with E-state index in [0.717, 1.165) is 10.4 Å². The van der Waals surface area contributed by atoms with Crippen LogP contribution in [0.5, 0.6) is 11.5 Å². The van der Waals surface area contributed by atoms with Gasteiger partial charge in [-0.3, -0.25) is 9.36 Å². The number of methoxy groups -OCH3 is 1. The summed E-state index contributed by atoms with van der Waals surface area (Å²) in [5, 5.41) is 0.665. The summed E-state index contributed by atoms with van der Waals surface area (Å²) < 4.78 is 24.5. The first-order valence-corrected chi connectivity index (χ1v) is 12.0. The summed E-state index contributed by atoms with van der Waals surface area (Å²) in [6, 6.07) is 14.7. The van der Waals surface area contributed by atoms with Gasteiger partial charge in [0.1, 0.15) is 17.6 Å². The number of thiophene rings is 1. The van der Waals surface area contributed by atoms with E-state index in [1.807, 2.05) is 44.2 Å². The molecule has 0 fully saturated rings. The van der Waals surface area contributed by atoms with Crippen LogP contribution in [0.25, 0.3) is 26.3 Å². The van der Waals surface area contributed by atoms with Crippen molar-refractivity contribution in [3.8, 4) is 27.6 Å². The highest BCUT2D eigenvalue weighted by atomic mass is 35.5. The maximum absolute atomic E-state index is 13.3. The average molecular weight is 501 g/mol. The fourth-order valence-corrected chi connectivity index (χ4v) is 4.62. The molecule has 0 atom stereocenters. The highest BCUT2D eigenvalue weighted by Gasteiger charge is 2.15. The van der Waals surface area contributed by atoms with Crippen molar-refractivity contribution in [1.29, 1.82) is 0 Å². The molecule has 0 spiro atoms. The number of fused-ring (bicyclic) bond motifs is 1. The summed E-state index contributed by atoms with van der Waals surface area (Å²) in [6.45, 7) is 5.05. The van der Waals surface area contributed by atoms with Gasteiger partial charge in [-0.05, 0) is 49.7 Å². The van der Waals surface area contributed by atoms with Crippen LogP contribution >= 0.6 is 22.9 Å². The first-order valence-electron chi connectivity index (χ1n) is 10.9. The maximum atomic E-state index is 13.3. The molecule has 0 aliphatic carbocycles. The van der Waals surface area contributed by atoms with E-state index in [2.05, 4.69) is 4.98 Å². The highest BCUT2D eigenvalue weighted by Crippen LogP contribution is 2.33. The molecule has 4 aromatic rings. The molecule has 0 saturated carbocycles. The van der Waals surface area contributed by atoms with Gasteiger partial charge in [0.05, 0.1) is 18.3 Å². The molecule has 34 heavy (non-hydrogen) atoms. The zero-order chi connectivity index (χ0) is 24.1. The van der Waals surface area contributed by atoms with E-state index in [0.29, 0.717) is 45.6 Å². The Morgan fingerprint density at radius 1 is 1.03 bits per heavy atom. The van der Waals surface area contributed by atoms with E-state index in [9.17, 15) is 4.79 Å². The number of aromatic nitrogens is 2. The predicted octanol–water partition coefficient (Wildman–Crippen LogP) is 5.55. The molecule has 0 aliphatic rings. The summed E-state index contributed by atoms with van der Waals surface area (Å²) in [5.74, 6) is 1.02. The number of rotatable bonds is 10. The fourth-order valence-electron chi connectivity index (χ4n) is 3.45. The first kappa shape index (κ1) is 24.2. The Hall–Kier alpha value is -2.91. The molecule has 0 amide bonds. The lowest BCUT2D eigenvalue weighted by Gasteiger charge is -2.19. The smallest absolute Gasteiger partial charge is 0.275 e. The summed E-state index contributed by atoms with van der Waals surface area (Å²) in [6.07, 6.45) is 1.06. The van der Waals surface area contributed by atoms with Gasteiger partial charge in [0, 0.05) is 29.2 Å². The molecular formula is C25H25ClN2O5S.